The Labute approximate surface area is 674 Å². The average molecular weight is 2090 g/mol. The Hall–Kier alpha value is -8.94. The molecule has 4 aromatic rings. The molecule has 0 saturated heterocycles. The van der Waals surface area contributed by atoms with E-state index in [4.69, 9.17) is 0 Å². The molecule has 72 heteroatoms. The number of hydrogen-bond donors (Lipinski definition) is 2. The second kappa shape index (κ2) is 31.8. The maximum absolute atomic E-state index is 15.9. The first kappa shape index (κ1) is 115. The third kappa shape index (κ3) is 15.6. The first-order valence-electron chi connectivity index (χ1n) is 31.0. The highest BCUT2D eigenvalue weighted by Crippen LogP contribution is 2.73. The zero-order chi connectivity index (χ0) is 106. The molecule has 0 fully saturated rings. The lowest BCUT2D eigenvalue weighted by Gasteiger charge is -2.43. The normalized spacial score (nSPS) is 16.2. The van der Waals surface area contributed by atoms with Gasteiger partial charge in [-0.25, -0.2) is 0 Å². The van der Waals surface area contributed by atoms with Gasteiger partial charge in [0.2, 0.25) is 0 Å². The standard InChI is InChI=1S/C60H20F68N2O2/c61-29(62,33(69,70)37(77,78)41(85,86)45(93,94)49(101,102)53(109,110)57(117,118)119)23-9-19(10-24(13-23)30(63,64)34(71,72)38(79,80)42(87,88)46(95,96)50(103,104)54(111,112)58(120,121)122)17-1-3-27(131)21(7-17)15-129-5-6-130-16-22-8-18(2-4-28(22)132)20-11-25(31(65,66)35(73,74)39(81,82)43(89,90)47(97,98)51(105,106)55(113,114)59(123,124)125)14-26(12-20)32(67,68)36(75,76)40(83,84)44(91,92)48(99,100)52(107,108)56(115,116)60(126,127)128/h1-4,7-16,131-132H,5-6H2. The zero-order valence-corrected chi connectivity index (χ0v) is 59.0. The van der Waals surface area contributed by atoms with E-state index in [0.717, 1.165) is 0 Å². The van der Waals surface area contributed by atoms with Gasteiger partial charge in [0.25, 0.3) is 0 Å². The van der Waals surface area contributed by atoms with Crippen LogP contribution < -0.4 is 0 Å². The van der Waals surface area contributed by atoms with Crippen LogP contribution in [0.15, 0.2) is 82.8 Å². The molecule has 0 bridgehead atoms. The molecule has 0 amide bonds. The molecule has 0 aliphatic carbocycles. The summed E-state index contributed by atoms with van der Waals surface area (Å²) >= 11 is 0. The van der Waals surface area contributed by atoms with Crippen LogP contribution in [0.25, 0.3) is 22.3 Å². The minimum atomic E-state index is -9.78. The number of aliphatic imine (C=N–C) groups is 2. The SMILES string of the molecule is Oc1ccc(-c2cc(C(F)(F)C(F)(F)C(F)(F)C(F)(F)C(F)(F)C(F)(F)C(F)(F)C(F)(F)F)cc(C(F)(F)C(F)(F)C(F)(F)C(F)(F)C(F)(F)C(F)(F)C(F)(F)C(F)(F)F)c2)cc1C=NCCN=Cc1cc(-c2cc(C(F)(F)C(F)(F)C(F)(F)C(F)(F)C(F)(F)C(F)(F)C(F)(F)C(F)(F)F)cc(C(F)(F)C(F)(F)C(F)(F)C(F)(F)C(F)(F)C(F)(F)C(F)(F)C(F)(F)F)c2)ccc1O. The summed E-state index contributed by atoms with van der Waals surface area (Å²) in [6, 6.07) is -14.2. The third-order valence-electron chi connectivity index (χ3n) is 17.7. The molecule has 4 nitrogen and oxygen atoms in total. The molecular formula is C60H20F68N2O2. The Bertz CT molecular complexity index is 4390. The van der Waals surface area contributed by atoms with Crippen LogP contribution in [0.2, 0.25) is 0 Å². The summed E-state index contributed by atoms with van der Waals surface area (Å²) < 4.78 is 975. The van der Waals surface area contributed by atoms with Gasteiger partial charge in [-0.05, 0) is 82.9 Å². The fourth-order valence-corrected chi connectivity index (χ4v) is 9.81. The number of alkyl halides is 68. The van der Waals surface area contributed by atoms with Gasteiger partial charge in [-0.1, -0.05) is 12.1 Å². The number of nitrogens with zero attached hydrogens (tertiary/aromatic N) is 2. The molecule has 0 unspecified atom stereocenters. The van der Waals surface area contributed by atoms with Crippen molar-refractivity contribution in [1.29, 1.82) is 0 Å². The molecule has 0 atom stereocenters. The third-order valence-corrected chi connectivity index (χ3v) is 17.7. The van der Waals surface area contributed by atoms with E-state index in [0.29, 0.717) is 0 Å². The predicted molar refractivity (Wildman–Crippen MR) is 291 cm³/mol. The Balaban J connectivity index is 2.09. The molecule has 132 heavy (non-hydrogen) atoms. The molecule has 0 aromatic heterocycles. The minimum Gasteiger partial charge on any atom is -0.507 e. The van der Waals surface area contributed by atoms with E-state index in [1.54, 1.807) is 0 Å². The Morgan fingerprint density at radius 1 is 0.167 bits per heavy atom. The second-order valence-corrected chi connectivity index (χ2v) is 26.3. The maximum atomic E-state index is 15.9. The molecule has 758 valence electrons. The van der Waals surface area contributed by atoms with Gasteiger partial charge < -0.3 is 10.2 Å². The van der Waals surface area contributed by atoms with Crippen molar-refractivity contribution in [3.8, 4) is 33.8 Å². The number of rotatable bonds is 35. The molecule has 0 spiro atoms. The lowest BCUT2D eigenvalue weighted by Crippen LogP contribution is -2.74. The van der Waals surface area contributed by atoms with Crippen molar-refractivity contribution in [3.05, 3.63) is 106 Å². The summed E-state index contributed by atoms with van der Waals surface area (Å²) in [7, 11) is 0. The van der Waals surface area contributed by atoms with E-state index in [1.165, 1.54) is 0 Å². The zero-order valence-electron chi connectivity index (χ0n) is 59.0. The molecule has 2 N–H and O–H groups in total. The summed E-state index contributed by atoms with van der Waals surface area (Å²) in [5, 5.41) is 20.7. The highest BCUT2D eigenvalue weighted by molar-refractivity contribution is 5.87. The van der Waals surface area contributed by atoms with Crippen LogP contribution in [-0.2, 0) is 23.7 Å². The summed E-state index contributed by atoms with van der Waals surface area (Å²) in [4.78, 5) is 6.18. The van der Waals surface area contributed by atoms with Crippen LogP contribution >= 0.6 is 0 Å². The van der Waals surface area contributed by atoms with Crippen molar-refractivity contribution in [2.75, 3.05) is 13.1 Å². The first-order chi connectivity index (χ1) is 57.1. The van der Waals surface area contributed by atoms with Crippen LogP contribution in [0.3, 0.4) is 0 Å². The van der Waals surface area contributed by atoms with Crippen LogP contribution in [0.4, 0.5) is 299 Å². The minimum absolute atomic E-state index is 0.262. The van der Waals surface area contributed by atoms with Crippen molar-refractivity contribution >= 4 is 12.4 Å². The highest BCUT2D eigenvalue weighted by Gasteiger charge is 3.01. The molecule has 4 rings (SSSR count). The number of phenols is 2. The van der Waals surface area contributed by atoms with Gasteiger partial charge in [-0.3, -0.25) is 9.98 Å². The van der Waals surface area contributed by atoms with Crippen molar-refractivity contribution in [3.63, 3.8) is 0 Å². The maximum Gasteiger partial charge on any atom is 0.460 e. The summed E-state index contributed by atoms with van der Waals surface area (Å²) in [5.74, 6) is -266. The topological polar surface area (TPSA) is 65.2 Å². The molecule has 0 saturated carbocycles. The fraction of sp³-hybridized carbons (Fsp3) is 0.567. The van der Waals surface area contributed by atoms with E-state index >= 15 is 105 Å². The quantitative estimate of drug-likeness (QED) is 0.0274. The van der Waals surface area contributed by atoms with Crippen molar-refractivity contribution in [2.24, 2.45) is 9.98 Å². The van der Waals surface area contributed by atoms with Gasteiger partial charge in [0.15, 0.2) is 0 Å². The van der Waals surface area contributed by atoms with Crippen molar-refractivity contribution < 1.29 is 309 Å². The van der Waals surface area contributed by atoms with Gasteiger partial charge in [0, 0.05) is 45.8 Å². The number of hydrogen-bond acceptors (Lipinski definition) is 4. The van der Waals surface area contributed by atoms with E-state index in [9.17, 15) is 203 Å². The van der Waals surface area contributed by atoms with Gasteiger partial charge in [-0.15, -0.1) is 0 Å². The van der Waals surface area contributed by atoms with E-state index < -0.39 is 331 Å². The molecular weight excluding hydrogens is 2070 g/mol. The lowest BCUT2D eigenvalue weighted by molar-refractivity contribution is -0.463. The fourth-order valence-electron chi connectivity index (χ4n) is 9.81. The Morgan fingerprint density at radius 2 is 0.303 bits per heavy atom. The molecule has 4 aromatic carbocycles. The average Bonchev–Trinajstić information content (AvgIpc) is 0.698. The second-order valence-electron chi connectivity index (χ2n) is 26.3. The summed E-state index contributed by atoms with van der Waals surface area (Å²) in [6.45, 7) is -3.07. The summed E-state index contributed by atoms with van der Waals surface area (Å²) in [5.41, 5.74) is -31.0. The largest absolute Gasteiger partial charge is 0.507 e. The monoisotopic (exact) mass is 2090 g/mol. The van der Waals surface area contributed by atoms with E-state index in [2.05, 4.69) is 9.98 Å². The summed E-state index contributed by atoms with van der Waals surface area (Å²) in [6.07, 6.45) is -34.5. The molecule has 0 aliphatic heterocycles. The van der Waals surface area contributed by atoms with Crippen molar-refractivity contribution in [1.82, 2.24) is 0 Å². The smallest absolute Gasteiger partial charge is 0.460 e. The number of aromatic hydroxyl groups is 2. The predicted octanol–water partition coefficient (Wildman–Crippen LogP) is 27.8. The Morgan fingerprint density at radius 3 is 0.447 bits per heavy atom. The molecule has 0 heterocycles. The number of halogens is 68. The number of benzene rings is 4. The van der Waals surface area contributed by atoms with E-state index in [1.807, 2.05) is 0 Å². The van der Waals surface area contributed by atoms with Gasteiger partial charge in [-0.2, -0.15) is 299 Å². The van der Waals surface area contributed by atoms with E-state index in [-0.39, 0.29) is 24.6 Å². The van der Waals surface area contributed by atoms with Gasteiger partial charge >= 0.3 is 191 Å². The lowest BCUT2D eigenvalue weighted by atomic mass is 9.83. The Kier molecular flexibility index (Phi) is 27.8. The van der Waals surface area contributed by atoms with Gasteiger partial charge in [0.1, 0.15) is 11.5 Å². The highest BCUT2D eigenvalue weighted by atomic mass is 19.5. The van der Waals surface area contributed by atoms with Crippen LogP contribution in [0.5, 0.6) is 11.5 Å². The van der Waals surface area contributed by atoms with Crippen LogP contribution in [0, 0.1) is 0 Å². The van der Waals surface area contributed by atoms with Gasteiger partial charge in [0.05, 0.1) is 13.1 Å². The molecule has 0 radical (unpaired) electrons. The first-order valence-corrected chi connectivity index (χ1v) is 31.0. The number of phenolic OH excluding ortho intramolecular Hbond substituents is 2. The molecule has 0 aliphatic rings. The van der Waals surface area contributed by atoms with Crippen LogP contribution in [0.1, 0.15) is 33.4 Å². The van der Waals surface area contributed by atoms with Crippen LogP contribution in [-0.4, -0.2) is 203 Å². The van der Waals surface area contributed by atoms with Crippen molar-refractivity contribution in [2.45, 2.75) is 191 Å².